The van der Waals surface area contributed by atoms with E-state index in [2.05, 4.69) is 36.6 Å². The summed E-state index contributed by atoms with van der Waals surface area (Å²) in [5.74, 6) is 0. The summed E-state index contributed by atoms with van der Waals surface area (Å²) in [6.07, 6.45) is 4.70. The zero-order chi connectivity index (χ0) is 15.1. The van der Waals surface area contributed by atoms with E-state index in [0.29, 0.717) is 6.04 Å². The molecule has 0 aromatic heterocycles. The Morgan fingerprint density at radius 2 is 1.95 bits per heavy atom. The average molecular weight is 289 g/mol. The highest BCUT2D eigenvalue weighted by Crippen LogP contribution is 2.18. The number of rotatable bonds is 4. The largest absolute Gasteiger partial charge is 0.325 e. The van der Waals surface area contributed by atoms with E-state index in [1.807, 2.05) is 17.0 Å². The van der Waals surface area contributed by atoms with E-state index in [0.717, 1.165) is 38.2 Å². The molecule has 1 aliphatic rings. The van der Waals surface area contributed by atoms with Gasteiger partial charge in [-0.2, -0.15) is 0 Å². The third-order valence-corrected chi connectivity index (χ3v) is 4.04. The number of benzene rings is 1. The number of hydrogen-bond acceptors (Lipinski definition) is 2. The second-order valence-corrected chi connectivity index (χ2v) is 5.74. The van der Waals surface area contributed by atoms with Crippen molar-refractivity contribution in [3.63, 3.8) is 0 Å². The second-order valence-electron chi connectivity index (χ2n) is 5.74. The number of nitrogens with zero attached hydrogens (tertiary/aromatic N) is 1. The predicted octanol–water partition coefficient (Wildman–Crippen LogP) is 3.77. The van der Waals surface area contributed by atoms with Gasteiger partial charge in [0.05, 0.1) is 0 Å². The van der Waals surface area contributed by atoms with Gasteiger partial charge in [-0.3, -0.25) is 0 Å². The van der Waals surface area contributed by atoms with Crippen LogP contribution in [0.2, 0.25) is 0 Å². The molecular weight excluding hydrogens is 262 g/mol. The molecule has 0 saturated carbocycles. The molecule has 2 amide bonds. The van der Waals surface area contributed by atoms with E-state index in [-0.39, 0.29) is 6.03 Å². The molecule has 1 fully saturated rings. The Kier molecular flexibility index (Phi) is 6.05. The maximum atomic E-state index is 12.3. The van der Waals surface area contributed by atoms with Gasteiger partial charge in [0.1, 0.15) is 0 Å². The summed E-state index contributed by atoms with van der Waals surface area (Å²) in [5.41, 5.74) is 2.08. The van der Waals surface area contributed by atoms with Gasteiger partial charge in [-0.15, -0.1) is 0 Å². The highest BCUT2D eigenvalue weighted by atomic mass is 16.2. The number of urea groups is 1. The molecule has 1 aromatic carbocycles. The van der Waals surface area contributed by atoms with Gasteiger partial charge >= 0.3 is 6.03 Å². The molecule has 1 atom stereocenters. The monoisotopic (exact) mass is 289 g/mol. The standard InChI is InChI=1S/C17H27N3O/c1-3-18-14(2)15-9-8-10-16(13-15)19-17(21)20-11-6-4-5-7-12-20/h8-10,13-14,18H,3-7,11-12H2,1-2H3,(H,19,21). The van der Waals surface area contributed by atoms with Crippen molar-refractivity contribution in [2.75, 3.05) is 25.0 Å². The summed E-state index contributed by atoms with van der Waals surface area (Å²) in [7, 11) is 0. The molecule has 0 bridgehead atoms. The third kappa shape index (κ3) is 4.74. The van der Waals surface area contributed by atoms with E-state index < -0.39 is 0 Å². The first kappa shape index (κ1) is 15.8. The molecule has 4 nitrogen and oxygen atoms in total. The van der Waals surface area contributed by atoms with Crippen molar-refractivity contribution in [3.8, 4) is 0 Å². The molecule has 1 saturated heterocycles. The zero-order valence-electron chi connectivity index (χ0n) is 13.2. The first-order valence-corrected chi connectivity index (χ1v) is 8.10. The van der Waals surface area contributed by atoms with Crippen LogP contribution in [0.3, 0.4) is 0 Å². The van der Waals surface area contributed by atoms with Gasteiger partial charge in [-0.1, -0.05) is 31.9 Å². The van der Waals surface area contributed by atoms with E-state index >= 15 is 0 Å². The van der Waals surface area contributed by atoms with Crippen molar-refractivity contribution in [1.29, 1.82) is 0 Å². The number of carbonyl (C=O) groups excluding carboxylic acids is 1. The highest BCUT2D eigenvalue weighted by Gasteiger charge is 2.15. The molecule has 4 heteroatoms. The number of likely N-dealkylation sites (tertiary alicyclic amines) is 1. The van der Waals surface area contributed by atoms with Crippen LogP contribution < -0.4 is 10.6 Å². The summed E-state index contributed by atoms with van der Waals surface area (Å²) in [6, 6.07) is 8.44. The van der Waals surface area contributed by atoms with Crippen LogP contribution in [0.15, 0.2) is 24.3 Å². The summed E-state index contributed by atoms with van der Waals surface area (Å²) in [6.45, 7) is 6.92. The first-order chi connectivity index (χ1) is 10.2. The maximum Gasteiger partial charge on any atom is 0.321 e. The first-order valence-electron chi connectivity index (χ1n) is 8.10. The molecule has 21 heavy (non-hydrogen) atoms. The average Bonchev–Trinajstić information content (AvgIpc) is 2.77. The zero-order valence-corrected chi connectivity index (χ0v) is 13.2. The lowest BCUT2D eigenvalue weighted by molar-refractivity contribution is 0.214. The minimum absolute atomic E-state index is 0.0325. The Hall–Kier alpha value is -1.55. The predicted molar refractivity (Wildman–Crippen MR) is 87.6 cm³/mol. The molecule has 0 spiro atoms. The van der Waals surface area contributed by atoms with Crippen LogP contribution in [0.5, 0.6) is 0 Å². The number of carbonyl (C=O) groups is 1. The maximum absolute atomic E-state index is 12.3. The molecular formula is C17H27N3O. The fourth-order valence-corrected chi connectivity index (χ4v) is 2.79. The van der Waals surface area contributed by atoms with Gasteiger partial charge in [-0.05, 0) is 44.0 Å². The van der Waals surface area contributed by atoms with Crippen LogP contribution in [-0.4, -0.2) is 30.6 Å². The van der Waals surface area contributed by atoms with Crippen molar-refractivity contribution < 1.29 is 4.79 Å². The van der Waals surface area contributed by atoms with E-state index in [9.17, 15) is 4.79 Å². The molecule has 1 aromatic rings. The van der Waals surface area contributed by atoms with Crippen molar-refractivity contribution in [3.05, 3.63) is 29.8 Å². The van der Waals surface area contributed by atoms with Crippen molar-refractivity contribution in [2.45, 2.75) is 45.6 Å². The van der Waals surface area contributed by atoms with Gasteiger partial charge in [0, 0.05) is 24.8 Å². The SMILES string of the molecule is CCNC(C)c1cccc(NC(=O)N2CCCCCC2)c1. The molecule has 116 valence electrons. The number of amides is 2. The second kappa shape index (κ2) is 8.03. The molecule has 1 unspecified atom stereocenters. The topological polar surface area (TPSA) is 44.4 Å². The van der Waals surface area contributed by atoms with Crippen LogP contribution in [0.1, 0.15) is 51.1 Å². The van der Waals surface area contributed by atoms with Gasteiger partial charge in [0.2, 0.25) is 0 Å². The van der Waals surface area contributed by atoms with Crippen LogP contribution in [0.4, 0.5) is 10.5 Å². The van der Waals surface area contributed by atoms with Gasteiger partial charge in [0.15, 0.2) is 0 Å². The lowest BCUT2D eigenvalue weighted by Crippen LogP contribution is -2.35. The molecule has 1 heterocycles. The van der Waals surface area contributed by atoms with Crippen molar-refractivity contribution >= 4 is 11.7 Å². The van der Waals surface area contributed by atoms with Crippen LogP contribution >= 0.6 is 0 Å². The number of nitrogens with one attached hydrogen (secondary N) is 2. The highest BCUT2D eigenvalue weighted by molar-refractivity contribution is 5.89. The van der Waals surface area contributed by atoms with Gasteiger partial charge in [-0.25, -0.2) is 4.79 Å². The lowest BCUT2D eigenvalue weighted by Gasteiger charge is -2.21. The molecule has 0 aliphatic carbocycles. The molecule has 1 aliphatic heterocycles. The Labute approximate surface area is 127 Å². The molecule has 2 N–H and O–H groups in total. The Balaban J connectivity index is 1.98. The Bertz CT molecular complexity index is 453. The third-order valence-electron chi connectivity index (χ3n) is 4.04. The fourth-order valence-electron chi connectivity index (χ4n) is 2.79. The Morgan fingerprint density at radius 3 is 2.62 bits per heavy atom. The number of hydrogen-bond donors (Lipinski definition) is 2. The summed E-state index contributed by atoms with van der Waals surface area (Å²) in [4.78, 5) is 14.3. The molecule has 2 rings (SSSR count). The van der Waals surface area contributed by atoms with Crippen LogP contribution in [-0.2, 0) is 0 Å². The quantitative estimate of drug-likeness (QED) is 0.886. The lowest BCUT2D eigenvalue weighted by atomic mass is 10.1. The molecule has 0 radical (unpaired) electrons. The van der Waals surface area contributed by atoms with Gasteiger partial charge in [0.25, 0.3) is 0 Å². The summed E-state index contributed by atoms with van der Waals surface area (Å²) >= 11 is 0. The summed E-state index contributed by atoms with van der Waals surface area (Å²) < 4.78 is 0. The van der Waals surface area contributed by atoms with Crippen molar-refractivity contribution in [2.24, 2.45) is 0 Å². The Morgan fingerprint density at radius 1 is 1.24 bits per heavy atom. The van der Waals surface area contributed by atoms with Crippen molar-refractivity contribution in [1.82, 2.24) is 10.2 Å². The minimum atomic E-state index is 0.0325. The van der Waals surface area contributed by atoms with E-state index in [4.69, 9.17) is 0 Å². The van der Waals surface area contributed by atoms with Crippen LogP contribution in [0, 0.1) is 0 Å². The van der Waals surface area contributed by atoms with E-state index in [1.165, 1.54) is 18.4 Å². The fraction of sp³-hybridized carbons (Fsp3) is 0.588. The van der Waals surface area contributed by atoms with Crippen LogP contribution in [0.25, 0.3) is 0 Å². The minimum Gasteiger partial charge on any atom is -0.325 e. The number of anilines is 1. The smallest absolute Gasteiger partial charge is 0.321 e. The van der Waals surface area contributed by atoms with Gasteiger partial charge < -0.3 is 15.5 Å². The normalized spacial score (nSPS) is 17.1. The summed E-state index contributed by atoms with van der Waals surface area (Å²) in [5, 5.41) is 6.43. The van der Waals surface area contributed by atoms with E-state index in [1.54, 1.807) is 0 Å².